The molecule has 0 atom stereocenters. The summed E-state index contributed by atoms with van der Waals surface area (Å²) >= 11 is 4.18. The summed E-state index contributed by atoms with van der Waals surface area (Å²) in [5.74, 6) is 0.706. The van der Waals surface area contributed by atoms with Crippen molar-refractivity contribution in [2.75, 3.05) is 5.73 Å². The van der Waals surface area contributed by atoms with Gasteiger partial charge in [-0.05, 0) is 26.0 Å². The number of thiol groups is 1. The van der Waals surface area contributed by atoms with Gasteiger partial charge in [0, 0.05) is 4.90 Å². The number of ether oxygens (including phenoxy) is 1. The maximum Gasteiger partial charge on any atom is 0.143 e. The van der Waals surface area contributed by atoms with Crippen molar-refractivity contribution < 1.29 is 4.74 Å². The molecule has 0 aliphatic carbocycles. The van der Waals surface area contributed by atoms with Gasteiger partial charge in [-0.2, -0.15) is 0 Å². The van der Waals surface area contributed by atoms with Gasteiger partial charge >= 0.3 is 0 Å². The van der Waals surface area contributed by atoms with Crippen LogP contribution in [0.5, 0.6) is 5.75 Å². The standard InChI is InChI=1S/C9H13NOS/c1-6(2)11-7-4-3-5-8(12)9(7)10/h3-6,12H,10H2,1-2H3. The molecule has 0 radical (unpaired) electrons. The van der Waals surface area contributed by atoms with Crippen LogP contribution in [-0.4, -0.2) is 6.10 Å². The summed E-state index contributed by atoms with van der Waals surface area (Å²) in [4.78, 5) is 0.758. The van der Waals surface area contributed by atoms with Crippen molar-refractivity contribution in [3.63, 3.8) is 0 Å². The summed E-state index contributed by atoms with van der Waals surface area (Å²) in [6.45, 7) is 3.93. The predicted molar refractivity (Wildman–Crippen MR) is 53.9 cm³/mol. The van der Waals surface area contributed by atoms with Gasteiger partial charge in [0.1, 0.15) is 5.75 Å². The van der Waals surface area contributed by atoms with Crippen molar-refractivity contribution in [1.82, 2.24) is 0 Å². The Morgan fingerprint density at radius 1 is 1.42 bits per heavy atom. The van der Waals surface area contributed by atoms with Gasteiger partial charge in [-0.3, -0.25) is 0 Å². The molecule has 0 spiro atoms. The molecule has 2 N–H and O–H groups in total. The van der Waals surface area contributed by atoms with Crippen molar-refractivity contribution >= 4 is 18.3 Å². The summed E-state index contributed by atoms with van der Waals surface area (Å²) in [5, 5.41) is 0. The molecule has 12 heavy (non-hydrogen) atoms. The van der Waals surface area contributed by atoms with Gasteiger partial charge in [-0.25, -0.2) is 0 Å². The van der Waals surface area contributed by atoms with E-state index in [1.54, 1.807) is 0 Å². The molecule has 0 heterocycles. The summed E-state index contributed by atoms with van der Waals surface area (Å²) in [6, 6.07) is 5.55. The van der Waals surface area contributed by atoms with E-state index in [1.165, 1.54) is 0 Å². The monoisotopic (exact) mass is 183 g/mol. The van der Waals surface area contributed by atoms with Gasteiger partial charge < -0.3 is 10.5 Å². The molecule has 0 fully saturated rings. The molecule has 66 valence electrons. The lowest BCUT2D eigenvalue weighted by Crippen LogP contribution is -2.07. The third-order valence-electron chi connectivity index (χ3n) is 1.41. The average Bonchev–Trinajstić information content (AvgIpc) is 1.98. The molecule has 3 heteroatoms. The highest BCUT2D eigenvalue weighted by molar-refractivity contribution is 7.80. The second kappa shape index (κ2) is 3.72. The van der Waals surface area contributed by atoms with E-state index in [2.05, 4.69) is 12.6 Å². The van der Waals surface area contributed by atoms with Crippen molar-refractivity contribution in [3.8, 4) is 5.75 Å². The number of rotatable bonds is 2. The van der Waals surface area contributed by atoms with E-state index < -0.39 is 0 Å². The SMILES string of the molecule is CC(C)Oc1cccc(S)c1N. The molecule has 1 rings (SSSR count). The molecule has 0 bridgehead atoms. The van der Waals surface area contributed by atoms with Gasteiger partial charge in [0.2, 0.25) is 0 Å². The van der Waals surface area contributed by atoms with Gasteiger partial charge in [0.05, 0.1) is 11.8 Å². The third kappa shape index (κ3) is 2.08. The Morgan fingerprint density at radius 2 is 2.08 bits per heavy atom. The van der Waals surface area contributed by atoms with E-state index in [4.69, 9.17) is 10.5 Å². The van der Waals surface area contributed by atoms with Gasteiger partial charge in [-0.1, -0.05) is 6.07 Å². The maximum absolute atomic E-state index is 5.73. The fraction of sp³-hybridized carbons (Fsp3) is 0.333. The first-order valence-electron chi connectivity index (χ1n) is 3.85. The Labute approximate surface area is 78.1 Å². The first-order valence-corrected chi connectivity index (χ1v) is 4.30. The average molecular weight is 183 g/mol. The smallest absolute Gasteiger partial charge is 0.143 e. The van der Waals surface area contributed by atoms with Crippen LogP contribution in [0.2, 0.25) is 0 Å². The minimum Gasteiger partial charge on any atom is -0.489 e. The third-order valence-corrected chi connectivity index (χ3v) is 1.80. The van der Waals surface area contributed by atoms with Crippen LogP contribution in [0.4, 0.5) is 5.69 Å². The lowest BCUT2D eigenvalue weighted by molar-refractivity contribution is 0.243. The molecule has 1 aromatic carbocycles. The summed E-state index contributed by atoms with van der Waals surface area (Å²) in [5.41, 5.74) is 6.34. The van der Waals surface area contributed by atoms with Crippen LogP contribution < -0.4 is 10.5 Å². The van der Waals surface area contributed by atoms with Crippen molar-refractivity contribution in [1.29, 1.82) is 0 Å². The minimum absolute atomic E-state index is 0.141. The van der Waals surface area contributed by atoms with E-state index in [1.807, 2.05) is 32.0 Å². The molecule has 1 aromatic rings. The lowest BCUT2D eigenvalue weighted by atomic mass is 10.3. The number of hydrogen-bond acceptors (Lipinski definition) is 3. The molecule has 0 unspecified atom stereocenters. The maximum atomic E-state index is 5.73. The Kier molecular flexibility index (Phi) is 2.87. The zero-order chi connectivity index (χ0) is 9.14. The Hall–Kier alpha value is -0.830. The lowest BCUT2D eigenvalue weighted by Gasteiger charge is -2.12. The first kappa shape index (κ1) is 9.26. The van der Waals surface area contributed by atoms with E-state index in [0.29, 0.717) is 11.4 Å². The molecule has 0 saturated heterocycles. The second-order valence-corrected chi connectivity index (χ2v) is 3.34. The van der Waals surface area contributed by atoms with Crippen LogP contribution >= 0.6 is 12.6 Å². The molecular formula is C9H13NOS. The Morgan fingerprint density at radius 3 is 2.67 bits per heavy atom. The fourth-order valence-corrected chi connectivity index (χ4v) is 1.09. The quantitative estimate of drug-likeness (QED) is 0.545. The molecule has 0 saturated carbocycles. The van der Waals surface area contributed by atoms with Crippen molar-refractivity contribution in [2.24, 2.45) is 0 Å². The summed E-state index contributed by atoms with van der Waals surface area (Å²) < 4.78 is 5.45. The number of nitrogens with two attached hydrogens (primary N) is 1. The van der Waals surface area contributed by atoms with Crippen molar-refractivity contribution in [3.05, 3.63) is 18.2 Å². The highest BCUT2D eigenvalue weighted by atomic mass is 32.1. The topological polar surface area (TPSA) is 35.2 Å². The molecule has 0 amide bonds. The van der Waals surface area contributed by atoms with Crippen LogP contribution in [0.1, 0.15) is 13.8 Å². The van der Waals surface area contributed by atoms with Gasteiger partial charge in [0.15, 0.2) is 0 Å². The predicted octanol–water partition coefficient (Wildman–Crippen LogP) is 2.34. The van der Waals surface area contributed by atoms with Gasteiger partial charge in [0.25, 0.3) is 0 Å². The minimum atomic E-state index is 0.141. The molecule has 0 aliphatic rings. The van der Waals surface area contributed by atoms with Gasteiger partial charge in [-0.15, -0.1) is 12.6 Å². The first-order chi connectivity index (χ1) is 5.61. The van der Waals surface area contributed by atoms with E-state index in [9.17, 15) is 0 Å². The Balaban J connectivity index is 2.92. The molecule has 0 aromatic heterocycles. The fourth-order valence-electron chi connectivity index (χ4n) is 0.889. The molecule has 0 aliphatic heterocycles. The van der Waals surface area contributed by atoms with E-state index in [-0.39, 0.29) is 6.10 Å². The van der Waals surface area contributed by atoms with E-state index in [0.717, 1.165) is 4.90 Å². The summed E-state index contributed by atoms with van der Waals surface area (Å²) in [6.07, 6.45) is 0.141. The normalized spacial score (nSPS) is 10.3. The van der Waals surface area contributed by atoms with Crippen molar-refractivity contribution in [2.45, 2.75) is 24.8 Å². The highest BCUT2D eigenvalue weighted by Crippen LogP contribution is 2.28. The zero-order valence-corrected chi connectivity index (χ0v) is 8.14. The van der Waals surface area contributed by atoms with Crippen LogP contribution in [0.3, 0.4) is 0 Å². The number of para-hydroxylation sites is 1. The van der Waals surface area contributed by atoms with Crippen LogP contribution in [-0.2, 0) is 0 Å². The number of hydrogen-bond donors (Lipinski definition) is 2. The number of anilines is 1. The van der Waals surface area contributed by atoms with E-state index >= 15 is 0 Å². The van der Waals surface area contributed by atoms with Crippen LogP contribution in [0.25, 0.3) is 0 Å². The van der Waals surface area contributed by atoms with Crippen LogP contribution in [0, 0.1) is 0 Å². The van der Waals surface area contributed by atoms with Crippen LogP contribution in [0.15, 0.2) is 23.1 Å². The largest absolute Gasteiger partial charge is 0.489 e. The number of nitrogen functional groups attached to an aromatic ring is 1. The Bertz CT molecular complexity index is 273. The zero-order valence-electron chi connectivity index (χ0n) is 7.24. The molecule has 2 nitrogen and oxygen atoms in total. The second-order valence-electron chi connectivity index (χ2n) is 2.86. The highest BCUT2D eigenvalue weighted by Gasteiger charge is 2.03. The number of benzene rings is 1. The summed E-state index contributed by atoms with van der Waals surface area (Å²) in [7, 11) is 0. The molecular weight excluding hydrogens is 170 g/mol.